The van der Waals surface area contributed by atoms with Crippen LogP contribution in [0.1, 0.15) is 32.1 Å². The van der Waals surface area contributed by atoms with Gasteiger partial charge in [0.2, 0.25) is 10.0 Å². The lowest BCUT2D eigenvalue weighted by molar-refractivity contribution is 0.114. The number of guanidine groups is 1. The van der Waals surface area contributed by atoms with Crippen LogP contribution < -0.4 is 15.8 Å². The number of hydrogen-bond acceptors (Lipinski definition) is 4. The molecule has 1 aliphatic heterocycles. The van der Waals surface area contributed by atoms with Gasteiger partial charge in [-0.25, -0.2) is 13.1 Å². The number of ether oxygens (including phenoxy) is 1. The van der Waals surface area contributed by atoms with E-state index in [-0.39, 0.29) is 18.1 Å². The fourth-order valence-electron chi connectivity index (χ4n) is 2.98. The Kier molecular flexibility index (Phi) is 5.83. The normalized spacial score (nSPS) is 30.7. The molecular formula is C13H26N4O3S. The molecule has 1 saturated heterocycles. The molecule has 4 N–H and O–H groups in total. The first-order chi connectivity index (χ1) is 9.94. The van der Waals surface area contributed by atoms with Gasteiger partial charge in [0.15, 0.2) is 5.96 Å². The second-order valence-electron chi connectivity index (χ2n) is 5.93. The fraction of sp³-hybridized carbons (Fsp3) is 0.923. The number of nitrogens with zero attached hydrogens (tertiary/aromatic N) is 1. The van der Waals surface area contributed by atoms with E-state index in [1.54, 1.807) is 0 Å². The zero-order valence-corrected chi connectivity index (χ0v) is 13.4. The van der Waals surface area contributed by atoms with Gasteiger partial charge in [0, 0.05) is 25.7 Å². The standard InChI is InChI=1S/C13H26N4O3S/c1-21(18,19)17-12-6-2-4-10(12)8-15-13(14)16-9-11-5-3-7-20-11/h10-12,17H,2-9H2,1H3,(H3,14,15,16). The lowest BCUT2D eigenvalue weighted by atomic mass is 10.1. The lowest BCUT2D eigenvalue weighted by Crippen LogP contribution is -2.40. The van der Waals surface area contributed by atoms with Crippen LogP contribution in [0.2, 0.25) is 0 Å². The predicted molar refractivity (Wildman–Crippen MR) is 82.6 cm³/mol. The van der Waals surface area contributed by atoms with E-state index in [2.05, 4.69) is 15.0 Å². The molecule has 2 rings (SSSR count). The van der Waals surface area contributed by atoms with Gasteiger partial charge in [0.25, 0.3) is 0 Å². The minimum absolute atomic E-state index is 0.0188. The highest BCUT2D eigenvalue weighted by Crippen LogP contribution is 2.26. The predicted octanol–water partition coefficient (Wildman–Crippen LogP) is -0.212. The molecule has 2 fully saturated rings. The minimum Gasteiger partial charge on any atom is -0.376 e. The third-order valence-electron chi connectivity index (χ3n) is 4.06. The summed E-state index contributed by atoms with van der Waals surface area (Å²) in [6.45, 7) is 2.06. The Morgan fingerprint density at radius 3 is 2.81 bits per heavy atom. The average Bonchev–Trinajstić information content (AvgIpc) is 3.03. The highest BCUT2D eigenvalue weighted by atomic mass is 32.2. The molecule has 0 spiro atoms. The number of aliphatic imine (C=N–C) groups is 1. The quantitative estimate of drug-likeness (QED) is 0.464. The Balaban J connectivity index is 1.75. The van der Waals surface area contributed by atoms with Gasteiger partial charge in [-0.2, -0.15) is 0 Å². The molecule has 0 aromatic carbocycles. The summed E-state index contributed by atoms with van der Waals surface area (Å²) < 4.78 is 30.8. The van der Waals surface area contributed by atoms with Crippen LogP contribution in [-0.4, -0.2) is 52.5 Å². The summed E-state index contributed by atoms with van der Waals surface area (Å²) in [5.74, 6) is 0.637. The Bertz CT molecular complexity index is 460. The van der Waals surface area contributed by atoms with Gasteiger partial charge in [-0.15, -0.1) is 0 Å². The lowest BCUT2D eigenvalue weighted by Gasteiger charge is -2.18. The van der Waals surface area contributed by atoms with E-state index in [0.717, 1.165) is 38.7 Å². The SMILES string of the molecule is CS(=O)(=O)NC1CCCC1CN=C(N)NCC1CCCO1. The zero-order valence-electron chi connectivity index (χ0n) is 12.5. The molecule has 0 radical (unpaired) electrons. The van der Waals surface area contributed by atoms with Crippen LogP contribution in [-0.2, 0) is 14.8 Å². The molecule has 0 amide bonds. The molecule has 0 bridgehead atoms. The molecule has 1 saturated carbocycles. The summed E-state index contributed by atoms with van der Waals surface area (Å²) in [4.78, 5) is 4.34. The van der Waals surface area contributed by atoms with Crippen molar-refractivity contribution in [2.45, 2.75) is 44.2 Å². The Hall–Kier alpha value is -0.860. The van der Waals surface area contributed by atoms with Gasteiger partial charge in [-0.05, 0) is 31.6 Å². The Morgan fingerprint density at radius 2 is 2.14 bits per heavy atom. The first-order valence-corrected chi connectivity index (χ1v) is 9.46. The van der Waals surface area contributed by atoms with Gasteiger partial charge >= 0.3 is 0 Å². The van der Waals surface area contributed by atoms with E-state index in [9.17, 15) is 8.42 Å². The maximum Gasteiger partial charge on any atom is 0.208 e. The van der Waals surface area contributed by atoms with Gasteiger partial charge in [-0.1, -0.05) is 6.42 Å². The number of hydrogen-bond donors (Lipinski definition) is 3. The van der Waals surface area contributed by atoms with Crippen molar-refractivity contribution in [1.82, 2.24) is 10.0 Å². The summed E-state index contributed by atoms with van der Waals surface area (Å²) in [7, 11) is -3.16. The zero-order chi connectivity index (χ0) is 15.3. The van der Waals surface area contributed by atoms with Gasteiger partial charge < -0.3 is 15.8 Å². The summed E-state index contributed by atoms with van der Waals surface area (Å²) >= 11 is 0. The van der Waals surface area contributed by atoms with Crippen molar-refractivity contribution in [3.63, 3.8) is 0 Å². The smallest absolute Gasteiger partial charge is 0.208 e. The van der Waals surface area contributed by atoms with Crippen LogP contribution in [0.3, 0.4) is 0 Å². The van der Waals surface area contributed by atoms with Crippen molar-refractivity contribution in [2.75, 3.05) is 26.0 Å². The number of sulfonamides is 1. The summed E-state index contributed by atoms with van der Waals surface area (Å²) in [6, 6.07) is -0.0188. The first kappa shape index (κ1) is 16.5. The molecule has 7 nitrogen and oxygen atoms in total. The number of rotatable bonds is 6. The molecule has 8 heteroatoms. The monoisotopic (exact) mass is 318 g/mol. The van der Waals surface area contributed by atoms with Gasteiger partial charge in [0.1, 0.15) is 0 Å². The van der Waals surface area contributed by atoms with Crippen LogP contribution in [0, 0.1) is 5.92 Å². The van der Waals surface area contributed by atoms with Crippen LogP contribution >= 0.6 is 0 Å². The van der Waals surface area contributed by atoms with E-state index in [4.69, 9.17) is 10.5 Å². The number of nitrogens with two attached hydrogens (primary N) is 1. The van der Waals surface area contributed by atoms with Crippen molar-refractivity contribution in [3.8, 4) is 0 Å². The molecule has 122 valence electrons. The van der Waals surface area contributed by atoms with Crippen molar-refractivity contribution in [2.24, 2.45) is 16.6 Å². The van der Waals surface area contributed by atoms with Crippen LogP contribution in [0.15, 0.2) is 4.99 Å². The fourth-order valence-corrected chi connectivity index (χ4v) is 3.84. The first-order valence-electron chi connectivity index (χ1n) is 7.57. The second-order valence-corrected chi connectivity index (χ2v) is 7.71. The van der Waals surface area contributed by atoms with Crippen LogP contribution in [0.25, 0.3) is 0 Å². The maximum atomic E-state index is 11.3. The molecule has 1 aliphatic carbocycles. The van der Waals surface area contributed by atoms with Crippen molar-refractivity contribution in [1.29, 1.82) is 0 Å². The molecule has 3 atom stereocenters. The third-order valence-corrected chi connectivity index (χ3v) is 4.79. The molecule has 21 heavy (non-hydrogen) atoms. The Morgan fingerprint density at radius 1 is 1.33 bits per heavy atom. The van der Waals surface area contributed by atoms with Crippen molar-refractivity contribution < 1.29 is 13.2 Å². The van der Waals surface area contributed by atoms with E-state index >= 15 is 0 Å². The summed E-state index contributed by atoms with van der Waals surface area (Å²) in [6.07, 6.45) is 6.46. The highest BCUT2D eigenvalue weighted by Gasteiger charge is 2.29. The third kappa shape index (κ3) is 5.80. The summed E-state index contributed by atoms with van der Waals surface area (Å²) in [5, 5.41) is 3.08. The Labute approximate surface area is 126 Å². The van der Waals surface area contributed by atoms with Gasteiger partial charge in [-0.3, -0.25) is 4.99 Å². The summed E-state index contributed by atoms with van der Waals surface area (Å²) in [5.41, 5.74) is 5.85. The van der Waals surface area contributed by atoms with E-state index in [0.29, 0.717) is 19.0 Å². The molecule has 2 aliphatic rings. The van der Waals surface area contributed by atoms with Crippen molar-refractivity contribution >= 4 is 16.0 Å². The highest BCUT2D eigenvalue weighted by molar-refractivity contribution is 7.88. The van der Waals surface area contributed by atoms with Crippen LogP contribution in [0.4, 0.5) is 0 Å². The number of nitrogens with one attached hydrogen (secondary N) is 2. The largest absolute Gasteiger partial charge is 0.376 e. The van der Waals surface area contributed by atoms with E-state index < -0.39 is 10.0 Å². The topological polar surface area (TPSA) is 106 Å². The molecule has 0 aromatic heterocycles. The average molecular weight is 318 g/mol. The van der Waals surface area contributed by atoms with Gasteiger partial charge in [0.05, 0.1) is 12.4 Å². The van der Waals surface area contributed by atoms with Crippen LogP contribution in [0.5, 0.6) is 0 Å². The molecular weight excluding hydrogens is 292 g/mol. The van der Waals surface area contributed by atoms with E-state index in [1.807, 2.05) is 0 Å². The van der Waals surface area contributed by atoms with E-state index in [1.165, 1.54) is 6.26 Å². The molecule has 1 heterocycles. The molecule has 0 aromatic rings. The van der Waals surface area contributed by atoms with Crippen molar-refractivity contribution in [3.05, 3.63) is 0 Å². The molecule has 3 unspecified atom stereocenters. The second kappa shape index (κ2) is 7.42. The minimum atomic E-state index is -3.16. The maximum absolute atomic E-state index is 11.3.